The molecule has 5 heteroatoms. The van der Waals surface area contributed by atoms with Crippen molar-refractivity contribution in [2.45, 2.75) is 6.42 Å². The van der Waals surface area contributed by atoms with E-state index in [2.05, 4.69) is 15.9 Å². The monoisotopic (exact) mass is 332 g/mol. The summed E-state index contributed by atoms with van der Waals surface area (Å²) in [4.78, 5) is 12.4. The number of carbonyl (C=O) groups excluding carboxylic acids is 1. The van der Waals surface area contributed by atoms with Crippen LogP contribution in [0.25, 0.3) is 0 Å². The topological polar surface area (TPSA) is 17.1 Å². The molecule has 0 unspecified atom stereocenters. The normalized spacial score (nSPS) is 10.5. The van der Waals surface area contributed by atoms with Crippen molar-refractivity contribution in [2.24, 2.45) is 0 Å². The number of thiophene rings is 1. The summed E-state index contributed by atoms with van der Waals surface area (Å²) in [6, 6.07) is 6.32. The van der Waals surface area contributed by atoms with Gasteiger partial charge in [0.25, 0.3) is 0 Å². The van der Waals surface area contributed by atoms with Gasteiger partial charge in [-0.05, 0) is 29.1 Å². The SMILES string of the molecule is O=C(Cc1ccc(Br)cc1F)c1sccc1Cl. The zero-order valence-electron chi connectivity index (χ0n) is 8.54. The number of rotatable bonds is 3. The molecule has 1 nitrogen and oxygen atoms in total. The van der Waals surface area contributed by atoms with Gasteiger partial charge in [0.1, 0.15) is 5.82 Å². The molecular weight excluding hydrogens is 327 g/mol. The van der Waals surface area contributed by atoms with Gasteiger partial charge in [0.05, 0.1) is 9.90 Å². The number of benzene rings is 1. The molecule has 0 fully saturated rings. The Hall–Kier alpha value is -0.710. The molecule has 0 amide bonds. The average molecular weight is 334 g/mol. The summed E-state index contributed by atoms with van der Waals surface area (Å²) in [5.41, 5.74) is 0.377. The molecule has 88 valence electrons. The van der Waals surface area contributed by atoms with Crippen molar-refractivity contribution < 1.29 is 9.18 Å². The van der Waals surface area contributed by atoms with Crippen molar-refractivity contribution in [2.75, 3.05) is 0 Å². The second kappa shape index (κ2) is 5.29. The number of halogens is 3. The number of carbonyl (C=O) groups is 1. The lowest BCUT2D eigenvalue weighted by Crippen LogP contribution is -2.03. The molecule has 0 spiro atoms. The Kier molecular flexibility index (Phi) is 3.97. The van der Waals surface area contributed by atoms with Crippen LogP contribution in [0.2, 0.25) is 5.02 Å². The second-order valence-corrected chi connectivity index (χ2v) is 5.67. The fourth-order valence-corrected chi connectivity index (χ4v) is 2.85. The first kappa shape index (κ1) is 12.7. The van der Waals surface area contributed by atoms with Crippen molar-refractivity contribution in [1.29, 1.82) is 0 Å². The van der Waals surface area contributed by atoms with Crippen molar-refractivity contribution in [1.82, 2.24) is 0 Å². The Morgan fingerprint density at radius 2 is 2.18 bits per heavy atom. The molecule has 2 rings (SSSR count). The van der Waals surface area contributed by atoms with Crippen LogP contribution in [0, 0.1) is 5.82 Å². The second-order valence-electron chi connectivity index (χ2n) is 3.43. The highest BCUT2D eigenvalue weighted by molar-refractivity contribution is 9.10. The Morgan fingerprint density at radius 1 is 1.41 bits per heavy atom. The van der Waals surface area contributed by atoms with E-state index < -0.39 is 0 Å². The Balaban J connectivity index is 2.22. The van der Waals surface area contributed by atoms with E-state index in [0.29, 0.717) is 19.9 Å². The lowest BCUT2D eigenvalue weighted by Gasteiger charge is -2.02. The van der Waals surface area contributed by atoms with Gasteiger partial charge in [0, 0.05) is 10.9 Å². The molecule has 0 N–H and O–H groups in total. The van der Waals surface area contributed by atoms with E-state index in [1.54, 1.807) is 23.6 Å². The zero-order chi connectivity index (χ0) is 12.4. The van der Waals surface area contributed by atoms with Gasteiger partial charge in [-0.15, -0.1) is 11.3 Å². The summed E-state index contributed by atoms with van der Waals surface area (Å²) in [6.45, 7) is 0. The molecule has 0 bridgehead atoms. The van der Waals surface area contributed by atoms with Crippen LogP contribution in [0.4, 0.5) is 4.39 Å². The van der Waals surface area contributed by atoms with Crippen LogP contribution < -0.4 is 0 Å². The molecule has 0 saturated carbocycles. The molecule has 0 aliphatic carbocycles. The van der Waals surface area contributed by atoms with Gasteiger partial charge in [-0.2, -0.15) is 0 Å². The number of hydrogen-bond acceptors (Lipinski definition) is 2. The molecule has 0 aliphatic heterocycles. The van der Waals surface area contributed by atoms with E-state index >= 15 is 0 Å². The van der Waals surface area contributed by atoms with Crippen molar-refractivity contribution in [3.8, 4) is 0 Å². The van der Waals surface area contributed by atoms with Gasteiger partial charge < -0.3 is 0 Å². The smallest absolute Gasteiger partial charge is 0.178 e. The lowest BCUT2D eigenvalue weighted by atomic mass is 10.1. The highest BCUT2D eigenvalue weighted by Gasteiger charge is 2.14. The van der Waals surface area contributed by atoms with Gasteiger partial charge in [-0.3, -0.25) is 4.79 Å². The number of hydrogen-bond donors (Lipinski definition) is 0. The minimum Gasteiger partial charge on any atom is -0.293 e. The summed E-state index contributed by atoms with van der Waals surface area (Å²) >= 11 is 10.3. The van der Waals surface area contributed by atoms with E-state index in [-0.39, 0.29) is 18.0 Å². The van der Waals surface area contributed by atoms with Crippen LogP contribution in [-0.4, -0.2) is 5.78 Å². The highest BCUT2D eigenvalue weighted by atomic mass is 79.9. The molecule has 2 aromatic rings. The van der Waals surface area contributed by atoms with Crippen LogP contribution in [-0.2, 0) is 6.42 Å². The quantitative estimate of drug-likeness (QED) is 0.742. The first-order valence-electron chi connectivity index (χ1n) is 4.78. The van der Waals surface area contributed by atoms with Crippen LogP contribution in [0.15, 0.2) is 34.1 Å². The van der Waals surface area contributed by atoms with Crippen molar-refractivity contribution in [3.05, 3.63) is 55.4 Å². The molecule has 0 radical (unpaired) electrons. The third-order valence-corrected chi connectivity index (χ3v) is 4.11. The largest absolute Gasteiger partial charge is 0.293 e. The first-order valence-corrected chi connectivity index (χ1v) is 6.83. The van der Waals surface area contributed by atoms with Crippen molar-refractivity contribution >= 4 is 44.7 Å². The van der Waals surface area contributed by atoms with Gasteiger partial charge in [0.2, 0.25) is 0 Å². The van der Waals surface area contributed by atoms with E-state index in [1.165, 1.54) is 17.4 Å². The minimum atomic E-state index is -0.389. The maximum absolute atomic E-state index is 13.5. The van der Waals surface area contributed by atoms with Crippen LogP contribution >= 0.6 is 38.9 Å². The Bertz CT molecular complexity index is 567. The third-order valence-electron chi connectivity index (χ3n) is 2.24. The molecule has 0 atom stereocenters. The van der Waals surface area contributed by atoms with Gasteiger partial charge in [0.15, 0.2) is 5.78 Å². The van der Waals surface area contributed by atoms with Gasteiger partial charge in [-0.25, -0.2) is 4.39 Å². The summed E-state index contributed by atoms with van der Waals surface area (Å²) in [5, 5.41) is 2.17. The number of Topliss-reactive ketones (excluding diaryl/α,β-unsaturated/α-hetero) is 1. The predicted octanol–water partition coefficient (Wildman–Crippen LogP) is 4.73. The maximum Gasteiger partial charge on any atom is 0.178 e. The van der Waals surface area contributed by atoms with E-state index in [0.717, 1.165) is 0 Å². The molecule has 0 saturated heterocycles. The standard InChI is InChI=1S/C12H7BrClFOS/c13-8-2-1-7(10(15)6-8)5-11(16)12-9(14)3-4-17-12/h1-4,6H,5H2. The summed E-state index contributed by atoms with van der Waals surface area (Å²) in [6.07, 6.45) is 0.0271. The van der Waals surface area contributed by atoms with Crippen LogP contribution in [0.3, 0.4) is 0 Å². The predicted molar refractivity (Wildman–Crippen MR) is 71.5 cm³/mol. The minimum absolute atomic E-state index is 0.0271. The maximum atomic E-state index is 13.5. The fourth-order valence-electron chi connectivity index (χ4n) is 1.41. The number of ketones is 1. The summed E-state index contributed by atoms with van der Waals surface area (Å²) in [5.74, 6) is -0.549. The third kappa shape index (κ3) is 2.94. The van der Waals surface area contributed by atoms with Crippen molar-refractivity contribution in [3.63, 3.8) is 0 Å². The van der Waals surface area contributed by atoms with Crippen LogP contribution in [0.1, 0.15) is 15.2 Å². The Morgan fingerprint density at radius 3 is 2.76 bits per heavy atom. The van der Waals surface area contributed by atoms with E-state index in [1.807, 2.05) is 0 Å². The molecule has 1 aromatic carbocycles. The van der Waals surface area contributed by atoms with Crippen LogP contribution in [0.5, 0.6) is 0 Å². The molecule has 17 heavy (non-hydrogen) atoms. The summed E-state index contributed by atoms with van der Waals surface area (Å²) < 4.78 is 14.2. The Labute approximate surface area is 115 Å². The van der Waals surface area contributed by atoms with Gasteiger partial charge >= 0.3 is 0 Å². The van der Waals surface area contributed by atoms with Gasteiger partial charge in [-0.1, -0.05) is 33.6 Å². The van der Waals surface area contributed by atoms with E-state index in [9.17, 15) is 9.18 Å². The average Bonchev–Trinajstić information content (AvgIpc) is 2.68. The molecular formula is C12H7BrClFOS. The molecule has 1 heterocycles. The van der Waals surface area contributed by atoms with E-state index in [4.69, 9.17) is 11.6 Å². The summed E-state index contributed by atoms with van der Waals surface area (Å²) in [7, 11) is 0. The highest BCUT2D eigenvalue weighted by Crippen LogP contribution is 2.24. The lowest BCUT2D eigenvalue weighted by molar-refractivity contribution is 0.0996. The fraction of sp³-hybridized carbons (Fsp3) is 0.0833. The molecule has 1 aromatic heterocycles. The first-order chi connectivity index (χ1) is 8.08. The zero-order valence-corrected chi connectivity index (χ0v) is 11.7. The molecule has 0 aliphatic rings.